The number of hydrogen-bond donors (Lipinski definition) is 2. The van der Waals surface area contributed by atoms with Gasteiger partial charge in [0.1, 0.15) is 0 Å². The molecule has 4 nitrogen and oxygen atoms in total. The Kier molecular flexibility index (Phi) is 3.43. The van der Waals surface area contributed by atoms with Crippen LogP contribution in [0.25, 0.3) is 0 Å². The maximum absolute atomic E-state index is 11.6. The molecule has 0 bridgehead atoms. The Morgan fingerprint density at radius 3 is 3.12 bits per heavy atom. The van der Waals surface area contributed by atoms with Gasteiger partial charge in [-0.2, -0.15) is 0 Å². The van der Waals surface area contributed by atoms with E-state index in [1.807, 2.05) is 18.4 Å². The van der Waals surface area contributed by atoms with Gasteiger partial charge in [-0.15, -0.1) is 0 Å². The van der Waals surface area contributed by atoms with Gasteiger partial charge < -0.3 is 15.2 Å². The zero-order chi connectivity index (χ0) is 11.2. The lowest BCUT2D eigenvalue weighted by Crippen LogP contribution is -2.32. The summed E-state index contributed by atoms with van der Waals surface area (Å²) in [5.74, 6) is -0.0298. The fourth-order valence-corrected chi connectivity index (χ4v) is 1.55. The van der Waals surface area contributed by atoms with Crippen molar-refractivity contribution in [2.24, 2.45) is 0 Å². The molecule has 1 aliphatic heterocycles. The molecule has 0 saturated heterocycles. The Hall–Kier alpha value is -1.97. The molecule has 1 amide bonds. The lowest BCUT2D eigenvalue weighted by Gasteiger charge is -2.20. The maximum Gasteiger partial charge on any atom is 0.252 e. The molecular formula is C12H15N3O. The van der Waals surface area contributed by atoms with E-state index in [1.165, 1.54) is 0 Å². The number of carbonyl (C=O) groups is 1. The number of amides is 1. The molecule has 0 unspecified atom stereocenters. The lowest BCUT2D eigenvalue weighted by atomic mass is 10.3. The number of hydrogen-bond acceptors (Lipinski definition) is 2. The van der Waals surface area contributed by atoms with Crippen LogP contribution in [-0.4, -0.2) is 35.4 Å². The van der Waals surface area contributed by atoms with Crippen molar-refractivity contribution in [1.29, 1.82) is 0 Å². The number of allylic oxidation sites excluding steroid dienone is 2. The first-order valence-electron chi connectivity index (χ1n) is 5.34. The summed E-state index contributed by atoms with van der Waals surface area (Å²) in [6, 6.07) is 1.76. The minimum Gasteiger partial charge on any atom is -0.372 e. The van der Waals surface area contributed by atoms with E-state index in [0.717, 1.165) is 13.1 Å². The van der Waals surface area contributed by atoms with Crippen molar-refractivity contribution in [2.75, 3.05) is 19.6 Å². The van der Waals surface area contributed by atoms with Gasteiger partial charge in [-0.05, 0) is 18.3 Å². The first-order valence-corrected chi connectivity index (χ1v) is 5.34. The van der Waals surface area contributed by atoms with Crippen LogP contribution < -0.4 is 5.32 Å². The quantitative estimate of drug-likeness (QED) is 0.794. The third-order valence-corrected chi connectivity index (χ3v) is 2.43. The fourth-order valence-electron chi connectivity index (χ4n) is 1.55. The van der Waals surface area contributed by atoms with Crippen molar-refractivity contribution >= 4 is 5.91 Å². The third kappa shape index (κ3) is 2.76. The smallest absolute Gasteiger partial charge is 0.252 e. The number of aromatic amines is 1. The van der Waals surface area contributed by atoms with Crippen molar-refractivity contribution in [3.63, 3.8) is 0 Å². The molecule has 4 heteroatoms. The maximum atomic E-state index is 11.6. The summed E-state index contributed by atoms with van der Waals surface area (Å²) >= 11 is 0. The van der Waals surface area contributed by atoms with Gasteiger partial charge in [-0.3, -0.25) is 4.79 Å². The molecule has 2 rings (SSSR count). The largest absolute Gasteiger partial charge is 0.372 e. The predicted molar refractivity (Wildman–Crippen MR) is 63.0 cm³/mol. The Morgan fingerprint density at radius 2 is 2.44 bits per heavy atom. The van der Waals surface area contributed by atoms with Gasteiger partial charge in [-0.1, -0.05) is 12.2 Å². The number of H-pyrrole nitrogens is 1. The van der Waals surface area contributed by atoms with Crippen molar-refractivity contribution in [1.82, 2.24) is 15.2 Å². The molecule has 0 radical (unpaired) electrons. The van der Waals surface area contributed by atoms with Crippen LogP contribution in [0, 0.1) is 0 Å². The Bertz CT molecular complexity index is 392. The monoisotopic (exact) mass is 217 g/mol. The summed E-state index contributed by atoms with van der Waals surface area (Å²) in [4.78, 5) is 16.6. The van der Waals surface area contributed by atoms with Crippen LogP contribution >= 0.6 is 0 Å². The van der Waals surface area contributed by atoms with Crippen LogP contribution in [0.4, 0.5) is 0 Å². The van der Waals surface area contributed by atoms with Crippen molar-refractivity contribution < 1.29 is 4.79 Å². The van der Waals surface area contributed by atoms with Crippen LogP contribution in [0.1, 0.15) is 10.4 Å². The first kappa shape index (κ1) is 10.5. The van der Waals surface area contributed by atoms with Gasteiger partial charge in [0.05, 0.1) is 5.56 Å². The number of nitrogens with zero attached hydrogens (tertiary/aromatic N) is 1. The van der Waals surface area contributed by atoms with Crippen molar-refractivity contribution in [2.45, 2.75) is 0 Å². The summed E-state index contributed by atoms with van der Waals surface area (Å²) in [7, 11) is 0. The topological polar surface area (TPSA) is 48.1 Å². The average Bonchev–Trinajstić information content (AvgIpc) is 2.84. The molecule has 2 heterocycles. The van der Waals surface area contributed by atoms with E-state index in [-0.39, 0.29) is 5.91 Å². The van der Waals surface area contributed by atoms with Gasteiger partial charge in [0.25, 0.3) is 5.91 Å². The Balaban J connectivity index is 1.70. The third-order valence-electron chi connectivity index (χ3n) is 2.43. The molecular weight excluding hydrogens is 202 g/mol. The van der Waals surface area contributed by atoms with Gasteiger partial charge >= 0.3 is 0 Å². The minimum atomic E-state index is -0.0298. The molecule has 2 N–H and O–H groups in total. The predicted octanol–water partition coefficient (Wildman–Crippen LogP) is 1.13. The van der Waals surface area contributed by atoms with Crippen molar-refractivity contribution in [3.05, 3.63) is 48.5 Å². The van der Waals surface area contributed by atoms with E-state index in [0.29, 0.717) is 12.1 Å². The fraction of sp³-hybridized carbons (Fsp3) is 0.250. The van der Waals surface area contributed by atoms with Gasteiger partial charge in [-0.25, -0.2) is 0 Å². The lowest BCUT2D eigenvalue weighted by molar-refractivity contribution is 0.0951. The van der Waals surface area contributed by atoms with Crippen molar-refractivity contribution in [3.8, 4) is 0 Å². The highest BCUT2D eigenvalue weighted by molar-refractivity contribution is 5.93. The SMILES string of the molecule is O=C(NCCN1C=CC=CC1)c1cc[nH]c1. The summed E-state index contributed by atoms with van der Waals surface area (Å²) in [5, 5.41) is 2.87. The molecule has 1 aromatic rings. The van der Waals surface area contributed by atoms with Gasteiger partial charge in [0.2, 0.25) is 0 Å². The molecule has 1 aromatic heterocycles. The number of rotatable bonds is 4. The van der Waals surface area contributed by atoms with E-state index in [2.05, 4.69) is 21.3 Å². The van der Waals surface area contributed by atoms with E-state index < -0.39 is 0 Å². The van der Waals surface area contributed by atoms with E-state index >= 15 is 0 Å². The van der Waals surface area contributed by atoms with Gasteiger partial charge in [0.15, 0.2) is 0 Å². The molecule has 0 atom stereocenters. The summed E-state index contributed by atoms with van der Waals surface area (Å²) in [6.45, 7) is 2.40. The first-order chi connectivity index (χ1) is 7.86. The molecule has 84 valence electrons. The Labute approximate surface area is 94.6 Å². The molecule has 0 spiro atoms. The minimum absolute atomic E-state index is 0.0298. The normalized spacial score (nSPS) is 14.1. The van der Waals surface area contributed by atoms with Crippen LogP contribution in [0.2, 0.25) is 0 Å². The summed E-state index contributed by atoms with van der Waals surface area (Å²) in [5.41, 5.74) is 0.675. The zero-order valence-electron chi connectivity index (χ0n) is 9.02. The number of aromatic nitrogens is 1. The highest BCUT2D eigenvalue weighted by Crippen LogP contribution is 1.98. The van der Waals surface area contributed by atoms with Crippen LogP contribution in [0.3, 0.4) is 0 Å². The number of carbonyl (C=O) groups excluding carboxylic acids is 1. The molecule has 0 saturated carbocycles. The molecule has 0 aromatic carbocycles. The number of nitrogens with one attached hydrogen (secondary N) is 2. The standard InChI is InChI=1S/C12H15N3O/c16-12(11-4-5-13-10-11)14-6-9-15-7-2-1-3-8-15/h1-5,7,10,13H,6,8-9H2,(H,14,16). The van der Waals surface area contributed by atoms with Crippen LogP contribution in [0.15, 0.2) is 42.9 Å². The average molecular weight is 217 g/mol. The van der Waals surface area contributed by atoms with E-state index in [1.54, 1.807) is 18.5 Å². The summed E-state index contributed by atoms with van der Waals surface area (Å²) < 4.78 is 0. The second-order valence-electron chi connectivity index (χ2n) is 3.62. The Morgan fingerprint density at radius 1 is 1.50 bits per heavy atom. The van der Waals surface area contributed by atoms with Crippen LogP contribution in [-0.2, 0) is 0 Å². The second-order valence-corrected chi connectivity index (χ2v) is 3.62. The zero-order valence-corrected chi connectivity index (χ0v) is 9.02. The van der Waals surface area contributed by atoms with E-state index in [4.69, 9.17) is 0 Å². The molecule has 16 heavy (non-hydrogen) atoms. The second kappa shape index (κ2) is 5.21. The van der Waals surface area contributed by atoms with Gasteiger partial charge in [0, 0.05) is 32.0 Å². The van der Waals surface area contributed by atoms with Crippen LogP contribution in [0.5, 0.6) is 0 Å². The molecule has 1 aliphatic rings. The molecule has 0 fully saturated rings. The molecule has 0 aliphatic carbocycles. The summed E-state index contributed by atoms with van der Waals surface area (Å²) in [6.07, 6.45) is 11.6. The van der Waals surface area contributed by atoms with E-state index in [9.17, 15) is 4.79 Å². The highest BCUT2D eigenvalue weighted by Gasteiger charge is 2.05. The highest BCUT2D eigenvalue weighted by atomic mass is 16.1.